The first-order chi connectivity index (χ1) is 14.7. The van der Waals surface area contributed by atoms with Gasteiger partial charge in [-0.15, -0.1) is 0 Å². The summed E-state index contributed by atoms with van der Waals surface area (Å²) in [6.45, 7) is 3.77. The number of carbonyl (C=O) groups is 2. The summed E-state index contributed by atoms with van der Waals surface area (Å²) in [6.07, 6.45) is 7.08. The van der Waals surface area contributed by atoms with Crippen LogP contribution in [0, 0.1) is 5.82 Å². The van der Waals surface area contributed by atoms with Gasteiger partial charge in [0.15, 0.2) is 5.96 Å². The molecule has 2 aromatic rings. The molecule has 0 bridgehead atoms. The lowest BCUT2D eigenvalue weighted by atomic mass is 9.87. The number of anilines is 1. The lowest BCUT2D eigenvalue weighted by molar-refractivity contribution is -0.128. The van der Waals surface area contributed by atoms with Gasteiger partial charge in [-0.3, -0.25) is 19.5 Å². The zero-order valence-corrected chi connectivity index (χ0v) is 18.0. The van der Waals surface area contributed by atoms with Crippen LogP contribution >= 0.6 is 0 Å². The minimum atomic E-state index is -1.17. The van der Waals surface area contributed by atoms with Crippen molar-refractivity contribution >= 4 is 23.5 Å². The molecule has 0 saturated heterocycles. The quantitative estimate of drug-likeness (QED) is 0.661. The van der Waals surface area contributed by atoms with Crippen LogP contribution in [0.2, 0.25) is 0 Å². The van der Waals surface area contributed by atoms with Crippen molar-refractivity contribution < 1.29 is 14.0 Å². The zero-order valence-electron chi connectivity index (χ0n) is 18.0. The number of guanidine groups is 1. The van der Waals surface area contributed by atoms with Gasteiger partial charge >= 0.3 is 0 Å². The van der Waals surface area contributed by atoms with Crippen molar-refractivity contribution in [2.75, 3.05) is 12.4 Å². The molecular weight excluding hydrogens is 399 g/mol. The number of aryl methyl sites for hydroxylation is 1. The van der Waals surface area contributed by atoms with E-state index in [1.165, 1.54) is 36.3 Å². The highest BCUT2D eigenvalue weighted by Crippen LogP contribution is 2.35. The number of nitrogens with two attached hydrogens (primary N) is 1. The Balaban J connectivity index is 1.78. The fourth-order valence-corrected chi connectivity index (χ4v) is 3.43. The predicted octanol–water partition coefficient (Wildman–Crippen LogP) is 2.99. The fourth-order valence-electron chi connectivity index (χ4n) is 3.43. The number of unbranched alkanes of at least 4 members (excludes halogenated alkanes) is 2. The third-order valence-electron chi connectivity index (χ3n) is 5.35. The Kier molecular flexibility index (Phi) is 6.62. The summed E-state index contributed by atoms with van der Waals surface area (Å²) in [5, 5.41) is 2.70. The second kappa shape index (κ2) is 9.20. The Morgan fingerprint density at radius 3 is 2.71 bits per heavy atom. The number of hydrogen-bond donors (Lipinski definition) is 2. The lowest BCUT2D eigenvalue weighted by Gasteiger charge is -2.34. The van der Waals surface area contributed by atoms with Crippen LogP contribution in [0.5, 0.6) is 0 Å². The third-order valence-corrected chi connectivity index (χ3v) is 5.35. The van der Waals surface area contributed by atoms with E-state index in [0.29, 0.717) is 5.69 Å². The molecule has 3 N–H and O–H groups in total. The van der Waals surface area contributed by atoms with Crippen LogP contribution < -0.4 is 11.1 Å². The van der Waals surface area contributed by atoms with Crippen LogP contribution in [0.1, 0.15) is 61.3 Å². The van der Waals surface area contributed by atoms with Gasteiger partial charge in [0.1, 0.15) is 11.5 Å². The number of hydrogen-bond acceptors (Lipinski definition) is 6. The minimum absolute atomic E-state index is 0.0156. The maximum Gasteiger partial charge on any atom is 0.275 e. The molecule has 1 aromatic heterocycles. The number of aliphatic imine (C=N–C) groups is 1. The van der Waals surface area contributed by atoms with Gasteiger partial charge in [-0.25, -0.2) is 14.4 Å². The second-order valence-corrected chi connectivity index (χ2v) is 7.87. The SMILES string of the molecule is CCCCCc1cnc(C(=O)Nc2ccc(F)c(C3(C)CC(=O)N(C)C(N)=N3)c2)cn1. The topological polar surface area (TPSA) is 114 Å². The number of nitrogens with zero attached hydrogens (tertiary/aromatic N) is 4. The van der Waals surface area contributed by atoms with E-state index < -0.39 is 17.3 Å². The normalized spacial score (nSPS) is 18.6. The molecule has 1 aliphatic rings. The van der Waals surface area contributed by atoms with E-state index in [4.69, 9.17) is 5.73 Å². The third kappa shape index (κ3) is 5.04. The molecule has 2 amide bonds. The number of aromatic nitrogens is 2. The summed E-state index contributed by atoms with van der Waals surface area (Å²) < 4.78 is 14.6. The predicted molar refractivity (Wildman–Crippen MR) is 116 cm³/mol. The second-order valence-electron chi connectivity index (χ2n) is 7.87. The maximum atomic E-state index is 14.6. The number of rotatable bonds is 7. The van der Waals surface area contributed by atoms with Crippen LogP contribution in [0.3, 0.4) is 0 Å². The van der Waals surface area contributed by atoms with E-state index in [1.54, 1.807) is 13.1 Å². The smallest absolute Gasteiger partial charge is 0.275 e. The van der Waals surface area contributed by atoms with Crippen molar-refractivity contribution in [1.82, 2.24) is 14.9 Å². The van der Waals surface area contributed by atoms with Gasteiger partial charge < -0.3 is 11.1 Å². The van der Waals surface area contributed by atoms with Crippen LogP contribution in [-0.4, -0.2) is 39.7 Å². The summed E-state index contributed by atoms with van der Waals surface area (Å²) in [6, 6.07) is 4.14. The molecule has 2 heterocycles. The van der Waals surface area contributed by atoms with Gasteiger partial charge in [0.05, 0.1) is 23.9 Å². The monoisotopic (exact) mass is 426 g/mol. The molecule has 0 spiro atoms. The van der Waals surface area contributed by atoms with Crippen LogP contribution in [-0.2, 0) is 16.8 Å². The Hall–Kier alpha value is -3.36. The van der Waals surface area contributed by atoms with E-state index in [-0.39, 0.29) is 29.5 Å². The molecule has 1 atom stereocenters. The van der Waals surface area contributed by atoms with Crippen LogP contribution in [0.4, 0.5) is 10.1 Å². The van der Waals surface area contributed by atoms with Gasteiger partial charge in [-0.05, 0) is 38.0 Å². The zero-order chi connectivity index (χ0) is 22.6. The number of nitrogens with one attached hydrogen (secondary N) is 1. The Bertz CT molecular complexity index is 1010. The van der Waals surface area contributed by atoms with Crippen molar-refractivity contribution in [3.05, 3.63) is 53.4 Å². The maximum absolute atomic E-state index is 14.6. The molecular formula is C22H27FN6O2. The van der Waals surface area contributed by atoms with Crippen molar-refractivity contribution in [1.29, 1.82) is 0 Å². The van der Waals surface area contributed by atoms with Crippen molar-refractivity contribution in [2.24, 2.45) is 10.7 Å². The summed E-state index contributed by atoms with van der Waals surface area (Å²) >= 11 is 0. The largest absolute Gasteiger partial charge is 0.369 e. The molecule has 31 heavy (non-hydrogen) atoms. The van der Waals surface area contributed by atoms with Crippen molar-refractivity contribution in [3.8, 4) is 0 Å². The molecule has 9 heteroatoms. The summed E-state index contributed by atoms with van der Waals surface area (Å²) in [5.41, 5.74) is 6.19. The average molecular weight is 426 g/mol. The van der Waals surface area contributed by atoms with E-state index >= 15 is 0 Å². The highest BCUT2D eigenvalue weighted by atomic mass is 19.1. The number of carbonyl (C=O) groups excluding carboxylic acids is 2. The summed E-state index contributed by atoms with van der Waals surface area (Å²) in [4.78, 5) is 38.8. The number of benzene rings is 1. The molecule has 0 fully saturated rings. The first-order valence-corrected chi connectivity index (χ1v) is 10.3. The molecule has 1 aliphatic heterocycles. The lowest BCUT2D eigenvalue weighted by Crippen LogP contribution is -2.47. The summed E-state index contributed by atoms with van der Waals surface area (Å²) in [7, 11) is 1.52. The number of amides is 2. The molecule has 1 aromatic carbocycles. The Morgan fingerprint density at radius 2 is 2.06 bits per heavy atom. The Morgan fingerprint density at radius 1 is 1.29 bits per heavy atom. The van der Waals surface area contributed by atoms with Gasteiger partial charge in [-0.2, -0.15) is 0 Å². The molecule has 1 unspecified atom stereocenters. The molecule has 164 valence electrons. The van der Waals surface area contributed by atoms with Crippen LogP contribution in [0.15, 0.2) is 35.6 Å². The van der Waals surface area contributed by atoms with E-state index in [2.05, 4.69) is 27.2 Å². The Labute approximate surface area is 180 Å². The van der Waals surface area contributed by atoms with E-state index in [9.17, 15) is 14.0 Å². The highest BCUT2D eigenvalue weighted by Gasteiger charge is 2.38. The fraction of sp³-hybridized carbons (Fsp3) is 0.409. The molecule has 0 aliphatic carbocycles. The van der Waals surface area contributed by atoms with Gasteiger partial charge in [0, 0.05) is 24.5 Å². The molecule has 0 radical (unpaired) electrons. The van der Waals surface area contributed by atoms with Crippen LogP contribution in [0.25, 0.3) is 0 Å². The molecule has 3 rings (SSSR count). The first kappa shape index (κ1) is 22.3. The van der Waals surface area contributed by atoms with Gasteiger partial charge in [0.25, 0.3) is 5.91 Å². The molecule has 8 nitrogen and oxygen atoms in total. The van der Waals surface area contributed by atoms with E-state index in [0.717, 1.165) is 31.4 Å². The van der Waals surface area contributed by atoms with Gasteiger partial charge in [-0.1, -0.05) is 19.8 Å². The first-order valence-electron chi connectivity index (χ1n) is 10.3. The standard InChI is InChI=1S/C22H27FN6O2/c1-4-5-6-7-15-12-26-18(13-25-15)20(31)27-14-8-9-17(23)16(10-14)22(2)11-19(30)29(3)21(24)28-22/h8-10,12-13H,4-7,11H2,1-3H3,(H2,24,28)(H,27,31). The molecule has 0 saturated carbocycles. The summed E-state index contributed by atoms with van der Waals surface area (Å²) in [5.74, 6) is -1.25. The van der Waals surface area contributed by atoms with Crippen molar-refractivity contribution in [2.45, 2.75) is 51.5 Å². The minimum Gasteiger partial charge on any atom is -0.369 e. The van der Waals surface area contributed by atoms with E-state index in [1.807, 2.05) is 0 Å². The number of halogens is 1. The van der Waals surface area contributed by atoms with Gasteiger partial charge in [0.2, 0.25) is 5.91 Å². The average Bonchev–Trinajstić information content (AvgIpc) is 2.74. The highest BCUT2D eigenvalue weighted by molar-refractivity contribution is 6.03. The van der Waals surface area contributed by atoms with Crippen molar-refractivity contribution in [3.63, 3.8) is 0 Å².